The van der Waals surface area contributed by atoms with Gasteiger partial charge in [-0.2, -0.15) is 0 Å². The van der Waals surface area contributed by atoms with Gasteiger partial charge >= 0.3 is 0 Å². The summed E-state index contributed by atoms with van der Waals surface area (Å²) in [7, 11) is 2.29. The molecular weight excluding hydrogens is 214 g/mol. The van der Waals surface area contributed by atoms with Gasteiger partial charge in [-0.05, 0) is 38.9 Å². The number of nitrogens with zero attached hydrogens (tertiary/aromatic N) is 2. The van der Waals surface area contributed by atoms with E-state index >= 15 is 0 Å². The first-order valence-corrected chi connectivity index (χ1v) is 7.08. The fraction of sp³-hybridized carbons (Fsp3) is 1.00. The zero-order chi connectivity index (χ0) is 11.7. The van der Waals surface area contributed by atoms with Gasteiger partial charge in [0.1, 0.15) is 0 Å². The van der Waals surface area contributed by atoms with Crippen LogP contribution in [0.2, 0.25) is 0 Å². The molecule has 3 aliphatic rings. The summed E-state index contributed by atoms with van der Waals surface area (Å²) >= 11 is 0. The predicted octanol–water partition coefficient (Wildman–Crippen LogP) is 0.000800. The largest absolute Gasteiger partial charge is 0.374 e. The van der Waals surface area contributed by atoms with E-state index in [2.05, 4.69) is 22.2 Å². The monoisotopic (exact) mass is 239 g/mol. The highest BCUT2D eigenvalue weighted by atomic mass is 16.5. The molecule has 4 unspecified atom stereocenters. The Hall–Kier alpha value is -0.160. The summed E-state index contributed by atoms with van der Waals surface area (Å²) in [4.78, 5) is 5.18. The Bertz CT molecular complexity index is 255. The molecule has 0 aromatic carbocycles. The highest BCUT2D eigenvalue weighted by Crippen LogP contribution is 2.30. The topological polar surface area (TPSA) is 27.7 Å². The summed E-state index contributed by atoms with van der Waals surface area (Å²) in [5, 5.41) is 3.42. The standard InChI is InChI=1S/C13H25N3O/c1-15(10-12-8-14-4-7-17-12)13-3-6-16-5-2-11(13)9-16/h11-14H,2-10H2,1H3. The molecule has 0 aromatic rings. The number of piperidine rings is 1. The van der Waals surface area contributed by atoms with Gasteiger partial charge in [-0.25, -0.2) is 0 Å². The molecule has 0 spiro atoms. The maximum atomic E-state index is 5.80. The summed E-state index contributed by atoms with van der Waals surface area (Å²) in [6.45, 7) is 7.97. The van der Waals surface area contributed by atoms with Crippen molar-refractivity contribution in [1.82, 2.24) is 15.1 Å². The first-order valence-electron chi connectivity index (χ1n) is 7.08. The number of ether oxygens (including phenoxy) is 1. The fourth-order valence-corrected chi connectivity index (χ4v) is 3.70. The van der Waals surface area contributed by atoms with E-state index in [1.807, 2.05) is 0 Å². The third-order valence-corrected chi connectivity index (χ3v) is 4.66. The van der Waals surface area contributed by atoms with E-state index in [1.54, 1.807) is 0 Å². The molecule has 1 N–H and O–H groups in total. The molecule has 0 aromatic heterocycles. The molecule has 0 saturated carbocycles. The summed E-state index contributed by atoms with van der Waals surface area (Å²) in [5.41, 5.74) is 0. The molecule has 4 atom stereocenters. The molecule has 3 aliphatic heterocycles. The Kier molecular flexibility index (Phi) is 3.66. The molecular formula is C13H25N3O. The van der Waals surface area contributed by atoms with Crippen molar-refractivity contribution in [2.24, 2.45) is 5.92 Å². The first-order chi connectivity index (χ1) is 8.33. The summed E-state index contributed by atoms with van der Waals surface area (Å²) in [6.07, 6.45) is 3.15. The fourth-order valence-electron chi connectivity index (χ4n) is 3.70. The van der Waals surface area contributed by atoms with Crippen LogP contribution in [0.3, 0.4) is 0 Å². The van der Waals surface area contributed by atoms with Gasteiger partial charge in [0, 0.05) is 32.2 Å². The van der Waals surface area contributed by atoms with Crippen molar-refractivity contribution in [3.63, 3.8) is 0 Å². The number of rotatable bonds is 3. The van der Waals surface area contributed by atoms with Crippen LogP contribution in [0.1, 0.15) is 12.8 Å². The maximum absolute atomic E-state index is 5.80. The van der Waals surface area contributed by atoms with Gasteiger partial charge < -0.3 is 19.9 Å². The quantitative estimate of drug-likeness (QED) is 0.750. The molecule has 0 amide bonds. The zero-order valence-corrected chi connectivity index (χ0v) is 10.9. The van der Waals surface area contributed by atoms with Crippen molar-refractivity contribution < 1.29 is 4.74 Å². The highest BCUT2D eigenvalue weighted by Gasteiger charge is 2.36. The third-order valence-electron chi connectivity index (χ3n) is 4.66. The van der Waals surface area contributed by atoms with Crippen LogP contribution < -0.4 is 5.32 Å². The molecule has 2 bridgehead atoms. The molecule has 98 valence electrons. The Morgan fingerprint density at radius 2 is 2.24 bits per heavy atom. The predicted molar refractivity (Wildman–Crippen MR) is 68.2 cm³/mol. The lowest BCUT2D eigenvalue weighted by molar-refractivity contribution is -0.00656. The van der Waals surface area contributed by atoms with Crippen molar-refractivity contribution >= 4 is 0 Å². The van der Waals surface area contributed by atoms with Crippen LogP contribution in [0.5, 0.6) is 0 Å². The van der Waals surface area contributed by atoms with E-state index in [9.17, 15) is 0 Å². The van der Waals surface area contributed by atoms with Gasteiger partial charge in [-0.3, -0.25) is 0 Å². The van der Waals surface area contributed by atoms with Gasteiger partial charge in [0.25, 0.3) is 0 Å². The minimum atomic E-state index is 0.396. The molecule has 3 rings (SSSR count). The SMILES string of the molecule is CN(CC1CNCCO1)C1CCN2CCC1C2. The van der Waals surface area contributed by atoms with Gasteiger partial charge in [0.05, 0.1) is 12.7 Å². The summed E-state index contributed by atoms with van der Waals surface area (Å²) < 4.78 is 5.80. The van der Waals surface area contributed by atoms with E-state index in [-0.39, 0.29) is 0 Å². The minimum absolute atomic E-state index is 0.396. The van der Waals surface area contributed by atoms with E-state index in [0.717, 1.165) is 38.2 Å². The number of nitrogens with one attached hydrogen (secondary N) is 1. The van der Waals surface area contributed by atoms with Gasteiger partial charge in [0.15, 0.2) is 0 Å². The normalized spacial score (nSPS) is 42.0. The van der Waals surface area contributed by atoms with Crippen molar-refractivity contribution in [3.8, 4) is 0 Å². The van der Waals surface area contributed by atoms with Crippen LogP contribution in [0, 0.1) is 5.92 Å². The maximum Gasteiger partial charge on any atom is 0.0826 e. The van der Waals surface area contributed by atoms with E-state index in [1.165, 1.54) is 32.5 Å². The van der Waals surface area contributed by atoms with Crippen LogP contribution in [0.4, 0.5) is 0 Å². The van der Waals surface area contributed by atoms with Crippen LogP contribution in [0.15, 0.2) is 0 Å². The van der Waals surface area contributed by atoms with Crippen molar-refractivity contribution in [2.75, 3.05) is 52.9 Å². The van der Waals surface area contributed by atoms with Crippen LogP contribution in [0.25, 0.3) is 0 Å². The number of likely N-dealkylation sites (N-methyl/N-ethyl adjacent to an activating group) is 1. The molecule has 3 saturated heterocycles. The Balaban J connectivity index is 1.52. The number of hydrogen-bond donors (Lipinski definition) is 1. The van der Waals surface area contributed by atoms with Gasteiger partial charge in [0.2, 0.25) is 0 Å². The van der Waals surface area contributed by atoms with Gasteiger partial charge in [-0.1, -0.05) is 0 Å². The second-order valence-electron chi connectivity index (χ2n) is 5.84. The average molecular weight is 239 g/mol. The van der Waals surface area contributed by atoms with Crippen LogP contribution in [-0.4, -0.2) is 74.9 Å². The van der Waals surface area contributed by atoms with Crippen LogP contribution in [-0.2, 0) is 4.74 Å². The Labute approximate surface area is 104 Å². The molecule has 3 heterocycles. The van der Waals surface area contributed by atoms with Crippen LogP contribution >= 0.6 is 0 Å². The lowest BCUT2D eigenvalue weighted by Crippen LogP contribution is -2.50. The van der Waals surface area contributed by atoms with Crippen molar-refractivity contribution in [2.45, 2.75) is 25.0 Å². The molecule has 4 heteroatoms. The number of fused-ring (bicyclic) bond motifs is 2. The molecule has 17 heavy (non-hydrogen) atoms. The second-order valence-corrected chi connectivity index (χ2v) is 5.84. The molecule has 3 fully saturated rings. The third kappa shape index (κ3) is 2.65. The van der Waals surface area contributed by atoms with Crippen molar-refractivity contribution in [1.29, 1.82) is 0 Å². The highest BCUT2D eigenvalue weighted by molar-refractivity contribution is 4.92. The molecule has 0 radical (unpaired) electrons. The Morgan fingerprint density at radius 3 is 3.06 bits per heavy atom. The second kappa shape index (κ2) is 5.22. The minimum Gasteiger partial charge on any atom is -0.374 e. The average Bonchev–Trinajstić information content (AvgIpc) is 2.72. The molecule has 0 aliphatic carbocycles. The summed E-state index contributed by atoms with van der Waals surface area (Å²) in [5.74, 6) is 0.908. The number of hydrogen-bond acceptors (Lipinski definition) is 4. The lowest BCUT2D eigenvalue weighted by atomic mass is 9.93. The lowest BCUT2D eigenvalue weighted by Gasteiger charge is -2.39. The molecule has 4 nitrogen and oxygen atoms in total. The number of morpholine rings is 1. The van der Waals surface area contributed by atoms with Crippen molar-refractivity contribution in [3.05, 3.63) is 0 Å². The van der Waals surface area contributed by atoms with E-state index < -0.39 is 0 Å². The first kappa shape index (κ1) is 11.9. The summed E-state index contributed by atoms with van der Waals surface area (Å²) in [6, 6.07) is 0.791. The smallest absolute Gasteiger partial charge is 0.0826 e. The Morgan fingerprint density at radius 1 is 1.35 bits per heavy atom. The van der Waals surface area contributed by atoms with Gasteiger partial charge in [-0.15, -0.1) is 0 Å². The zero-order valence-electron chi connectivity index (χ0n) is 10.9. The van der Waals surface area contributed by atoms with E-state index in [0.29, 0.717) is 6.10 Å². The van der Waals surface area contributed by atoms with E-state index in [4.69, 9.17) is 4.74 Å².